The highest BCUT2D eigenvalue weighted by atomic mass is 16.5. The molecule has 0 bridgehead atoms. The van der Waals surface area contributed by atoms with Gasteiger partial charge in [-0.2, -0.15) is 4.98 Å². The first kappa shape index (κ1) is 17.8. The zero-order chi connectivity index (χ0) is 19.0. The van der Waals surface area contributed by atoms with Crippen molar-refractivity contribution in [2.24, 2.45) is 7.05 Å². The number of amides is 1. The predicted octanol–water partition coefficient (Wildman–Crippen LogP) is 3.63. The highest BCUT2D eigenvalue weighted by Gasteiger charge is 2.28. The van der Waals surface area contributed by atoms with Gasteiger partial charge in [-0.05, 0) is 24.5 Å². The molecule has 27 heavy (non-hydrogen) atoms. The average Bonchev–Trinajstić information content (AvgIpc) is 3.28. The van der Waals surface area contributed by atoms with Crippen LogP contribution in [-0.4, -0.2) is 38.6 Å². The highest BCUT2D eigenvalue weighted by Crippen LogP contribution is 2.28. The normalized spacial score (nSPS) is 15.8. The van der Waals surface area contributed by atoms with Crippen molar-refractivity contribution in [1.82, 2.24) is 19.6 Å². The number of piperidine rings is 1. The van der Waals surface area contributed by atoms with E-state index in [0.29, 0.717) is 6.42 Å². The topological polar surface area (TPSA) is 64.2 Å². The summed E-state index contributed by atoms with van der Waals surface area (Å²) < 4.78 is 7.53. The molecule has 4 rings (SSSR count). The lowest BCUT2D eigenvalue weighted by atomic mass is 9.96. The number of hydrogen-bond donors (Lipinski definition) is 0. The van der Waals surface area contributed by atoms with Crippen LogP contribution in [0.25, 0.3) is 10.9 Å². The number of likely N-dealkylation sites (tertiary alicyclic amines) is 1. The third-order valence-corrected chi connectivity index (χ3v) is 5.49. The van der Waals surface area contributed by atoms with Crippen LogP contribution in [0.3, 0.4) is 0 Å². The largest absolute Gasteiger partial charge is 0.350 e. The molecule has 3 aromatic rings. The summed E-state index contributed by atoms with van der Waals surface area (Å²) in [4.78, 5) is 19.3. The third-order valence-electron chi connectivity index (χ3n) is 5.49. The second-order valence-electron chi connectivity index (χ2n) is 7.76. The second-order valence-corrected chi connectivity index (χ2v) is 7.76. The number of rotatable bonds is 4. The van der Waals surface area contributed by atoms with Crippen molar-refractivity contribution in [2.45, 2.75) is 44.9 Å². The summed E-state index contributed by atoms with van der Waals surface area (Å²) in [5.74, 6) is 2.20. The van der Waals surface area contributed by atoms with Crippen LogP contribution in [0.15, 0.2) is 35.0 Å². The third kappa shape index (κ3) is 3.48. The van der Waals surface area contributed by atoms with Gasteiger partial charge >= 0.3 is 0 Å². The van der Waals surface area contributed by atoms with Crippen molar-refractivity contribution in [3.8, 4) is 0 Å². The summed E-state index contributed by atoms with van der Waals surface area (Å²) in [5.41, 5.74) is 2.26. The number of carbonyl (C=O) groups excluding carboxylic acids is 1. The van der Waals surface area contributed by atoms with Crippen LogP contribution in [0.2, 0.25) is 0 Å². The number of fused-ring (bicyclic) bond motifs is 1. The number of aryl methyl sites for hydroxylation is 1. The summed E-state index contributed by atoms with van der Waals surface area (Å²) in [6.07, 6.45) is 4.27. The van der Waals surface area contributed by atoms with Crippen molar-refractivity contribution >= 4 is 16.8 Å². The molecule has 0 saturated carbocycles. The number of benzene rings is 1. The highest BCUT2D eigenvalue weighted by molar-refractivity contribution is 5.89. The molecule has 6 heteroatoms. The summed E-state index contributed by atoms with van der Waals surface area (Å²) in [7, 11) is 2.03. The van der Waals surface area contributed by atoms with Crippen LogP contribution in [0.4, 0.5) is 0 Å². The first-order chi connectivity index (χ1) is 13.0. The monoisotopic (exact) mass is 366 g/mol. The van der Waals surface area contributed by atoms with Gasteiger partial charge in [0.25, 0.3) is 0 Å². The molecule has 0 spiro atoms. The molecule has 1 fully saturated rings. The standard InChI is InChI=1S/C21H26N4O2/c1-14(2)20-22-21(27-23-20)15-8-10-25(11-9-15)19(26)12-16-13-24(3)18-7-5-4-6-17(16)18/h4-7,13-15H,8-12H2,1-3H3. The SMILES string of the molecule is CC(C)c1noc(C2CCN(C(=O)Cc3cn(C)c4ccccc34)CC2)n1. The number of hydrogen-bond acceptors (Lipinski definition) is 4. The van der Waals surface area contributed by atoms with Crippen LogP contribution in [0.5, 0.6) is 0 Å². The maximum absolute atomic E-state index is 12.8. The summed E-state index contributed by atoms with van der Waals surface area (Å²) >= 11 is 0. The first-order valence-corrected chi connectivity index (χ1v) is 9.67. The number of para-hydroxylation sites is 1. The van der Waals surface area contributed by atoms with E-state index in [2.05, 4.69) is 46.9 Å². The van der Waals surface area contributed by atoms with E-state index in [0.717, 1.165) is 54.1 Å². The fourth-order valence-corrected chi connectivity index (χ4v) is 3.86. The van der Waals surface area contributed by atoms with Crippen LogP contribution in [0, 0.1) is 0 Å². The molecule has 1 aromatic carbocycles. The Morgan fingerprint density at radius 3 is 2.70 bits per heavy atom. The maximum Gasteiger partial charge on any atom is 0.229 e. The van der Waals surface area contributed by atoms with Crippen LogP contribution in [-0.2, 0) is 18.3 Å². The molecule has 1 saturated heterocycles. The molecule has 0 radical (unpaired) electrons. The molecule has 0 unspecified atom stereocenters. The van der Waals surface area contributed by atoms with Gasteiger partial charge in [-0.15, -0.1) is 0 Å². The minimum Gasteiger partial charge on any atom is -0.350 e. The Labute approximate surface area is 159 Å². The van der Waals surface area contributed by atoms with Crippen molar-refractivity contribution < 1.29 is 9.32 Å². The van der Waals surface area contributed by atoms with Crippen LogP contribution < -0.4 is 0 Å². The maximum atomic E-state index is 12.8. The Bertz CT molecular complexity index is 948. The minimum atomic E-state index is 0.193. The van der Waals surface area contributed by atoms with Gasteiger partial charge in [0.2, 0.25) is 11.8 Å². The van der Waals surface area contributed by atoms with E-state index >= 15 is 0 Å². The molecule has 3 heterocycles. The molecule has 0 aliphatic carbocycles. The summed E-state index contributed by atoms with van der Waals surface area (Å²) in [6, 6.07) is 8.23. The van der Waals surface area contributed by atoms with E-state index in [1.54, 1.807) is 0 Å². The van der Waals surface area contributed by atoms with Gasteiger partial charge in [0.05, 0.1) is 6.42 Å². The molecule has 0 atom stereocenters. The number of carbonyl (C=O) groups is 1. The smallest absolute Gasteiger partial charge is 0.229 e. The van der Waals surface area contributed by atoms with Gasteiger partial charge in [-0.3, -0.25) is 4.79 Å². The molecule has 1 amide bonds. The molecular formula is C21H26N4O2. The van der Waals surface area contributed by atoms with Crippen molar-refractivity contribution in [2.75, 3.05) is 13.1 Å². The van der Waals surface area contributed by atoms with E-state index in [9.17, 15) is 4.79 Å². The molecule has 1 aliphatic rings. The van der Waals surface area contributed by atoms with Crippen molar-refractivity contribution in [1.29, 1.82) is 0 Å². The predicted molar refractivity (Wildman–Crippen MR) is 104 cm³/mol. The second kappa shape index (κ2) is 7.18. The van der Waals surface area contributed by atoms with Crippen LogP contribution in [0.1, 0.15) is 55.8 Å². The van der Waals surface area contributed by atoms with Crippen LogP contribution >= 0.6 is 0 Å². The van der Waals surface area contributed by atoms with Gasteiger partial charge in [-0.1, -0.05) is 37.2 Å². The van der Waals surface area contributed by atoms with Gasteiger partial charge in [0.1, 0.15) is 0 Å². The molecule has 142 valence electrons. The first-order valence-electron chi connectivity index (χ1n) is 9.67. The lowest BCUT2D eigenvalue weighted by molar-refractivity contribution is -0.131. The number of aromatic nitrogens is 3. The Morgan fingerprint density at radius 1 is 1.26 bits per heavy atom. The van der Waals surface area contributed by atoms with E-state index in [1.165, 1.54) is 0 Å². The summed E-state index contributed by atoms with van der Waals surface area (Å²) in [5, 5.41) is 5.23. The van der Waals surface area contributed by atoms with E-state index in [-0.39, 0.29) is 17.7 Å². The van der Waals surface area contributed by atoms with E-state index < -0.39 is 0 Å². The molecule has 1 aliphatic heterocycles. The van der Waals surface area contributed by atoms with E-state index in [4.69, 9.17) is 4.52 Å². The fraction of sp³-hybridized carbons (Fsp3) is 0.476. The van der Waals surface area contributed by atoms with E-state index in [1.807, 2.05) is 24.1 Å². The Hall–Kier alpha value is -2.63. The quantitative estimate of drug-likeness (QED) is 0.707. The lowest BCUT2D eigenvalue weighted by Gasteiger charge is -2.30. The summed E-state index contributed by atoms with van der Waals surface area (Å²) in [6.45, 7) is 5.60. The Kier molecular flexibility index (Phi) is 4.72. The average molecular weight is 366 g/mol. The molecule has 0 N–H and O–H groups in total. The molecule has 6 nitrogen and oxygen atoms in total. The van der Waals surface area contributed by atoms with Gasteiger partial charge in [0, 0.05) is 49.1 Å². The van der Waals surface area contributed by atoms with Gasteiger partial charge in [0.15, 0.2) is 5.82 Å². The van der Waals surface area contributed by atoms with Gasteiger partial charge < -0.3 is 14.0 Å². The van der Waals surface area contributed by atoms with Crippen molar-refractivity contribution in [3.63, 3.8) is 0 Å². The number of nitrogens with zero attached hydrogens (tertiary/aromatic N) is 4. The minimum absolute atomic E-state index is 0.193. The Balaban J connectivity index is 1.39. The fourth-order valence-electron chi connectivity index (χ4n) is 3.86. The van der Waals surface area contributed by atoms with Gasteiger partial charge in [-0.25, -0.2) is 0 Å². The molecule has 2 aromatic heterocycles. The lowest BCUT2D eigenvalue weighted by Crippen LogP contribution is -2.38. The zero-order valence-corrected chi connectivity index (χ0v) is 16.2. The van der Waals surface area contributed by atoms with Crippen molar-refractivity contribution in [3.05, 3.63) is 47.7 Å². The Morgan fingerprint density at radius 2 is 2.00 bits per heavy atom. The molecular weight excluding hydrogens is 340 g/mol. The zero-order valence-electron chi connectivity index (χ0n) is 16.2.